The molecule has 0 aliphatic heterocycles. The number of rotatable bonds is 12. The maximum atomic E-state index is 14.1. The van der Waals surface area contributed by atoms with E-state index < -0.39 is 28.5 Å². The van der Waals surface area contributed by atoms with Crippen LogP contribution in [0.1, 0.15) is 50.3 Å². The molecule has 0 saturated carbocycles. The van der Waals surface area contributed by atoms with Crippen LogP contribution in [0.2, 0.25) is 5.02 Å². The van der Waals surface area contributed by atoms with Crippen LogP contribution in [-0.4, -0.2) is 43.8 Å². The summed E-state index contributed by atoms with van der Waals surface area (Å²) in [7, 11) is -4.16. The van der Waals surface area contributed by atoms with Gasteiger partial charge in [-0.2, -0.15) is 0 Å². The van der Waals surface area contributed by atoms with Gasteiger partial charge >= 0.3 is 0 Å². The number of amides is 2. The summed E-state index contributed by atoms with van der Waals surface area (Å²) in [5.74, 6) is -0.766. The Morgan fingerprint density at radius 3 is 2.17 bits per heavy atom. The van der Waals surface area contributed by atoms with Gasteiger partial charge in [0, 0.05) is 17.6 Å². The van der Waals surface area contributed by atoms with Gasteiger partial charge in [0.2, 0.25) is 11.8 Å². The third-order valence-corrected chi connectivity index (χ3v) is 8.92. The standard InChI is InChI=1S/C31H38ClN3O4S/c1-6-24(5)33-31(37)28(7-2)34(20-25-11-9-8-10-12-25)30(36)21-35(29-19-26(32)16-15-23(29)4)40(38,39)27-17-13-22(3)14-18-27/h8-19,24,28H,6-7,20-21H2,1-5H3,(H,33,37)/t24-,28+/m1/s1. The smallest absolute Gasteiger partial charge is 0.264 e. The lowest BCUT2D eigenvalue weighted by molar-refractivity contribution is -0.140. The van der Waals surface area contributed by atoms with Crippen LogP contribution in [0.3, 0.4) is 0 Å². The van der Waals surface area contributed by atoms with Crippen molar-refractivity contribution in [2.75, 3.05) is 10.8 Å². The Kier molecular flexibility index (Phi) is 10.8. The molecule has 0 heterocycles. The average Bonchev–Trinajstić information content (AvgIpc) is 2.93. The SMILES string of the molecule is CC[C@@H](C)NC(=O)[C@H](CC)N(Cc1ccccc1)C(=O)CN(c1cc(Cl)ccc1C)S(=O)(=O)c1ccc(C)cc1. The van der Waals surface area contributed by atoms with Crippen molar-refractivity contribution in [2.45, 2.75) is 71.0 Å². The Bertz CT molecular complexity index is 1410. The van der Waals surface area contributed by atoms with Crippen molar-refractivity contribution >= 4 is 39.1 Å². The predicted octanol–water partition coefficient (Wildman–Crippen LogP) is 5.87. The fraction of sp³-hybridized carbons (Fsp3) is 0.355. The molecule has 0 radical (unpaired) electrons. The number of benzene rings is 3. The number of carbonyl (C=O) groups is 2. The number of hydrogen-bond donors (Lipinski definition) is 1. The number of anilines is 1. The zero-order valence-electron chi connectivity index (χ0n) is 23.7. The second kappa shape index (κ2) is 13.8. The number of nitrogens with one attached hydrogen (secondary N) is 1. The van der Waals surface area contributed by atoms with Gasteiger partial charge < -0.3 is 10.2 Å². The van der Waals surface area contributed by atoms with Crippen molar-refractivity contribution in [1.29, 1.82) is 0 Å². The molecule has 1 N–H and O–H groups in total. The van der Waals surface area contributed by atoms with Crippen LogP contribution < -0.4 is 9.62 Å². The topological polar surface area (TPSA) is 86.8 Å². The number of hydrogen-bond acceptors (Lipinski definition) is 4. The second-order valence-corrected chi connectivity index (χ2v) is 12.3. The lowest BCUT2D eigenvalue weighted by Crippen LogP contribution is -2.53. The van der Waals surface area contributed by atoms with E-state index in [1.165, 1.54) is 17.0 Å². The Balaban J connectivity index is 2.09. The highest BCUT2D eigenvalue weighted by atomic mass is 35.5. The minimum atomic E-state index is -4.16. The van der Waals surface area contributed by atoms with Crippen LogP contribution >= 0.6 is 11.6 Å². The van der Waals surface area contributed by atoms with E-state index in [2.05, 4.69) is 5.32 Å². The molecule has 0 saturated heterocycles. The minimum Gasteiger partial charge on any atom is -0.352 e. The van der Waals surface area contributed by atoms with Gasteiger partial charge in [0.05, 0.1) is 10.6 Å². The molecular formula is C31H38ClN3O4S. The third-order valence-electron chi connectivity index (χ3n) is 6.91. The monoisotopic (exact) mass is 583 g/mol. The van der Waals surface area contributed by atoms with E-state index in [0.29, 0.717) is 22.7 Å². The molecule has 0 aromatic heterocycles. The van der Waals surface area contributed by atoms with Gasteiger partial charge in [0.15, 0.2) is 0 Å². The Labute approximate surface area is 243 Å². The Hall–Kier alpha value is -3.36. The lowest BCUT2D eigenvalue weighted by atomic mass is 10.1. The molecule has 0 bridgehead atoms. The van der Waals surface area contributed by atoms with Gasteiger partial charge in [-0.25, -0.2) is 8.42 Å². The first kappa shape index (κ1) is 31.2. The zero-order valence-corrected chi connectivity index (χ0v) is 25.3. The predicted molar refractivity (Wildman–Crippen MR) is 161 cm³/mol. The van der Waals surface area contributed by atoms with E-state index in [4.69, 9.17) is 11.6 Å². The maximum Gasteiger partial charge on any atom is 0.264 e. The van der Waals surface area contributed by atoms with E-state index in [0.717, 1.165) is 21.9 Å². The number of sulfonamides is 1. The lowest BCUT2D eigenvalue weighted by Gasteiger charge is -2.34. The van der Waals surface area contributed by atoms with Crippen molar-refractivity contribution in [1.82, 2.24) is 10.2 Å². The van der Waals surface area contributed by atoms with E-state index >= 15 is 0 Å². The first-order chi connectivity index (χ1) is 19.0. The van der Waals surface area contributed by atoms with E-state index in [-0.39, 0.29) is 23.4 Å². The molecule has 0 unspecified atom stereocenters. The Morgan fingerprint density at radius 2 is 1.57 bits per heavy atom. The van der Waals surface area contributed by atoms with Gasteiger partial charge in [-0.1, -0.05) is 79.5 Å². The molecule has 0 spiro atoms. The van der Waals surface area contributed by atoms with Crippen LogP contribution in [0.4, 0.5) is 5.69 Å². The van der Waals surface area contributed by atoms with Crippen molar-refractivity contribution in [3.63, 3.8) is 0 Å². The zero-order chi connectivity index (χ0) is 29.4. The van der Waals surface area contributed by atoms with E-state index in [1.54, 1.807) is 37.3 Å². The fourth-order valence-electron chi connectivity index (χ4n) is 4.34. The van der Waals surface area contributed by atoms with Crippen molar-refractivity contribution < 1.29 is 18.0 Å². The van der Waals surface area contributed by atoms with Gasteiger partial charge in [0.1, 0.15) is 12.6 Å². The molecule has 0 aliphatic carbocycles. The minimum absolute atomic E-state index is 0.0569. The first-order valence-corrected chi connectivity index (χ1v) is 15.3. The molecule has 214 valence electrons. The highest BCUT2D eigenvalue weighted by Crippen LogP contribution is 2.30. The summed E-state index contributed by atoms with van der Waals surface area (Å²) in [4.78, 5) is 29.0. The van der Waals surface area contributed by atoms with Gasteiger partial charge in [-0.3, -0.25) is 13.9 Å². The summed E-state index contributed by atoms with van der Waals surface area (Å²) in [6, 6.07) is 19.9. The summed E-state index contributed by atoms with van der Waals surface area (Å²) in [6.07, 6.45) is 1.10. The summed E-state index contributed by atoms with van der Waals surface area (Å²) in [6.45, 7) is 9.01. The van der Waals surface area contributed by atoms with Gasteiger partial charge in [-0.05, 0) is 69.0 Å². The number of nitrogens with zero attached hydrogens (tertiary/aromatic N) is 2. The van der Waals surface area contributed by atoms with E-state index in [9.17, 15) is 18.0 Å². The molecular weight excluding hydrogens is 546 g/mol. The van der Waals surface area contributed by atoms with Gasteiger partial charge in [0.25, 0.3) is 10.0 Å². The van der Waals surface area contributed by atoms with Crippen molar-refractivity contribution in [2.24, 2.45) is 0 Å². The van der Waals surface area contributed by atoms with E-state index in [1.807, 2.05) is 58.0 Å². The third kappa shape index (κ3) is 7.64. The van der Waals surface area contributed by atoms with Crippen molar-refractivity contribution in [3.8, 4) is 0 Å². The second-order valence-electron chi connectivity index (χ2n) is 10.0. The largest absolute Gasteiger partial charge is 0.352 e. The molecule has 0 fully saturated rings. The molecule has 2 atom stereocenters. The first-order valence-electron chi connectivity index (χ1n) is 13.5. The molecule has 0 aliphatic rings. The molecule has 3 rings (SSSR count). The normalized spacial score (nSPS) is 12.8. The number of halogens is 1. The molecule has 9 heteroatoms. The van der Waals surface area contributed by atoms with Crippen LogP contribution in [0.25, 0.3) is 0 Å². The molecule has 2 amide bonds. The number of carbonyl (C=O) groups excluding carboxylic acids is 2. The molecule has 7 nitrogen and oxygen atoms in total. The quantitative estimate of drug-likeness (QED) is 0.289. The summed E-state index contributed by atoms with van der Waals surface area (Å²) < 4.78 is 29.1. The van der Waals surface area contributed by atoms with Crippen LogP contribution in [-0.2, 0) is 26.2 Å². The van der Waals surface area contributed by atoms with Crippen LogP contribution in [0, 0.1) is 13.8 Å². The summed E-state index contributed by atoms with van der Waals surface area (Å²) >= 11 is 6.29. The molecule has 3 aromatic rings. The number of aryl methyl sites for hydroxylation is 2. The summed E-state index contributed by atoms with van der Waals surface area (Å²) in [5, 5.41) is 3.33. The highest BCUT2D eigenvalue weighted by molar-refractivity contribution is 7.92. The van der Waals surface area contributed by atoms with Crippen molar-refractivity contribution in [3.05, 3.63) is 94.5 Å². The molecule has 40 heavy (non-hydrogen) atoms. The maximum absolute atomic E-state index is 14.1. The van der Waals surface area contributed by atoms with Crippen LogP contribution in [0.5, 0.6) is 0 Å². The summed E-state index contributed by atoms with van der Waals surface area (Å²) in [5.41, 5.74) is 2.69. The average molecular weight is 584 g/mol. The Morgan fingerprint density at radius 1 is 0.925 bits per heavy atom. The van der Waals surface area contributed by atoms with Crippen LogP contribution in [0.15, 0.2) is 77.7 Å². The highest BCUT2D eigenvalue weighted by Gasteiger charge is 2.34. The molecule has 3 aromatic carbocycles. The van der Waals surface area contributed by atoms with Gasteiger partial charge in [-0.15, -0.1) is 0 Å². The fourth-order valence-corrected chi connectivity index (χ4v) is 5.98.